The lowest BCUT2D eigenvalue weighted by Crippen LogP contribution is -2.29. The number of nitrogens with one attached hydrogen (secondary N) is 2. The number of hydrogen-bond acceptors (Lipinski definition) is 6. The molecule has 1 aromatic rings. The number of anilines is 2. The van der Waals surface area contributed by atoms with E-state index < -0.39 is 0 Å². The highest BCUT2D eigenvalue weighted by molar-refractivity contribution is 5.78. The first-order chi connectivity index (χ1) is 11.7. The Bertz CT molecular complexity index is 546. The van der Waals surface area contributed by atoms with Crippen LogP contribution in [0.4, 0.5) is 11.8 Å². The van der Waals surface area contributed by atoms with Gasteiger partial charge >= 0.3 is 0 Å². The Morgan fingerprint density at radius 2 is 2.12 bits per heavy atom. The molecule has 2 aliphatic rings. The van der Waals surface area contributed by atoms with Gasteiger partial charge in [0.15, 0.2) is 0 Å². The Hall–Kier alpha value is -1.89. The fourth-order valence-corrected chi connectivity index (χ4v) is 3.36. The van der Waals surface area contributed by atoms with Crippen LogP contribution in [0.5, 0.6) is 0 Å². The Morgan fingerprint density at radius 3 is 2.88 bits per heavy atom. The Labute approximate surface area is 142 Å². The minimum Gasteiger partial charge on any atom is -0.393 e. The molecule has 0 radical (unpaired) electrons. The molecule has 0 aromatic carbocycles. The third-order valence-electron chi connectivity index (χ3n) is 4.77. The molecule has 2 heterocycles. The SMILES string of the molecule is O=C1CCCN1CCCNc1ccnc(NC2CCC(O)CC2)n1. The minimum atomic E-state index is -0.153. The molecule has 0 bridgehead atoms. The lowest BCUT2D eigenvalue weighted by atomic mass is 9.93. The highest BCUT2D eigenvalue weighted by Crippen LogP contribution is 2.21. The van der Waals surface area contributed by atoms with Gasteiger partial charge in [0, 0.05) is 38.3 Å². The average Bonchev–Trinajstić information content (AvgIpc) is 2.99. The number of aromatic nitrogens is 2. The summed E-state index contributed by atoms with van der Waals surface area (Å²) < 4.78 is 0. The van der Waals surface area contributed by atoms with Gasteiger partial charge in [-0.1, -0.05) is 0 Å². The molecule has 1 aliphatic carbocycles. The molecule has 1 amide bonds. The van der Waals surface area contributed by atoms with E-state index in [2.05, 4.69) is 20.6 Å². The molecule has 3 rings (SSSR count). The van der Waals surface area contributed by atoms with Crippen LogP contribution in [-0.2, 0) is 4.79 Å². The molecule has 0 atom stereocenters. The van der Waals surface area contributed by atoms with Crippen molar-refractivity contribution < 1.29 is 9.90 Å². The average molecular weight is 333 g/mol. The van der Waals surface area contributed by atoms with E-state index in [1.165, 1.54) is 0 Å². The smallest absolute Gasteiger partial charge is 0.224 e. The number of nitrogens with zero attached hydrogens (tertiary/aromatic N) is 3. The maximum absolute atomic E-state index is 11.6. The van der Waals surface area contributed by atoms with E-state index in [0.717, 1.165) is 64.0 Å². The zero-order chi connectivity index (χ0) is 16.8. The van der Waals surface area contributed by atoms with Crippen LogP contribution in [-0.4, -0.2) is 57.7 Å². The molecule has 7 nitrogen and oxygen atoms in total. The monoisotopic (exact) mass is 333 g/mol. The van der Waals surface area contributed by atoms with Crippen molar-refractivity contribution in [3.8, 4) is 0 Å². The van der Waals surface area contributed by atoms with E-state index in [9.17, 15) is 9.90 Å². The van der Waals surface area contributed by atoms with Gasteiger partial charge in [0.25, 0.3) is 0 Å². The summed E-state index contributed by atoms with van der Waals surface area (Å²) >= 11 is 0. The molecular weight excluding hydrogens is 306 g/mol. The number of rotatable bonds is 7. The lowest BCUT2D eigenvalue weighted by molar-refractivity contribution is -0.127. The van der Waals surface area contributed by atoms with Crippen molar-refractivity contribution in [2.24, 2.45) is 0 Å². The molecule has 7 heteroatoms. The number of amides is 1. The van der Waals surface area contributed by atoms with Crippen molar-refractivity contribution in [3.05, 3.63) is 12.3 Å². The van der Waals surface area contributed by atoms with Crippen LogP contribution in [0.15, 0.2) is 12.3 Å². The first kappa shape index (κ1) is 17.0. The number of likely N-dealkylation sites (tertiary alicyclic amines) is 1. The Kier molecular flexibility index (Phi) is 5.85. The largest absolute Gasteiger partial charge is 0.393 e. The van der Waals surface area contributed by atoms with Crippen molar-refractivity contribution in [1.29, 1.82) is 0 Å². The summed E-state index contributed by atoms with van der Waals surface area (Å²) in [5, 5.41) is 16.2. The highest BCUT2D eigenvalue weighted by Gasteiger charge is 2.20. The molecular formula is C17H27N5O2. The number of aliphatic hydroxyl groups excluding tert-OH is 1. The molecule has 0 spiro atoms. The molecule has 2 fully saturated rings. The molecule has 0 unspecified atom stereocenters. The lowest BCUT2D eigenvalue weighted by Gasteiger charge is -2.26. The maximum atomic E-state index is 11.6. The second-order valence-electron chi connectivity index (χ2n) is 6.68. The predicted molar refractivity (Wildman–Crippen MR) is 92.8 cm³/mol. The van der Waals surface area contributed by atoms with Crippen LogP contribution in [0.3, 0.4) is 0 Å². The van der Waals surface area contributed by atoms with Crippen LogP contribution in [0.25, 0.3) is 0 Å². The number of carbonyl (C=O) groups excluding carboxylic acids is 1. The molecule has 24 heavy (non-hydrogen) atoms. The van der Waals surface area contributed by atoms with Gasteiger partial charge in [-0.2, -0.15) is 4.98 Å². The van der Waals surface area contributed by atoms with Crippen LogP contribution in [0.2, 0.25) is 0 Å². The quantitative estimate of drug-likeness (QED) is 0.657. The molecule has 3 N–H and O–H groups in total. The van der Waals surface area contributed by atoms with Gasteiger partial charge in [0.1, 0.15) is 5.82 Å². The molecule has 1 saturated carbocycles. The Balaban J connectivity index is 1.40. The van der Waals surface area contributed by atoms with Crippen molar-refractivity contribution in [1.82, 2.24) is 14.9 Å². The highest BCUT2D eigenvalue weighted by atomic mass is 16.3. The third kappa shape index (κ3) is 4.80. The van der Waals surface area contributed by atoms with Gasteiger partial charge in [-0.15, -0.1) is 0 Å². The molecule has 1 aromatic heterocycles. The van der Waals surface area contributed by atoms with Crippen LogP contribution in [0.1, 0.15) is 44.9 Å². The Morgan fingerprint density at radius 1 is 1.29 bits per heavy atom. The van der Waals surface area contributed by atoms with E-state index in [-0.39, 0.29) is 12.0 Å². The zero-order valence-corrected chi connectivity index (χ0v) is 14.1. The molecule has 132 valence electrons. The summed E-state index contributed by atoms with van der Waals surface area (Å²) in [6.45, 7) is 2.50. The summed E-state index contributed by atoms with van der Waals surface area (Å²) in [6, 6.07) is 2.20. The third-order valence-corrected chi connectivity index (χ3v) is 4.77. The van der Waals surface area contributed by atoms with Gasteiger partial charge < -0.3 is 20.6 Å². The van der Waals surface area contributed by atoms with Gasteiger partial charge in [-0.3, -0.25) is 4.79 Å². The van der Waals surface area contributed by atoms with Gasteiger partial charge in [0.2, 0.25) is 11.9 Å². The van der Waals surface area contributed by atoms with E-state index in [4.69, 9.17) is 0 Å². The summed E-state index contributed by atoms with van der Waals surface area (Å²) in [5.74, 6) is 1.72. The standard InChI is InChI=1S/C17H27N5O2/c23-14-6-4-13(5-7-14)20-17-19-10-8-15(21-17)18-9-2-12-22-11-1-3-16(22)24/h8,10,13-14,23H,1-7,9,11-12H2,(H2,18,19,20,21). The van der Waals surface area contributed by atoms with Gasteiger partial charge in [0.05, 0.1) is 6.10 Å². The fourth-order valence-electron chi connectivity index (χ4n) is 3.36. The van der Waals surface area contributed by atoms with E-state index >= 15 is 0 Å². The first-order valence-corrected chi connectivity index (χ1v) is 9.00. The van der Waals surface area contributed by atoms with Crippen LogP contribution < -0.4 is 10.6 Å². The number of aliphatic hydroxyl groups is 1. The zero-order valence-electron chi connectivity index (χ0n) is 14.1. The molecule has 1 aliphatic heterocycles. The normalized spacial score (nSPS) is 24.2. The molecule has 1 saturated heterocycles. The van der Waals surface area contributed by atoms with Crippen molar-refractivity contribution in [3.63, 3.8) is 0 Å². The van der Waals surface area contributed by atoms with Crippen LogP contribution in [0, 0.1) is 0 Å². The predicted octanol–water partition coefficient (Wildman–Crippen LogP) is 1.62. The van der Waals surface area contributed by atoms with Crippen molar-refractivity contribution in [2.45, 2.75) is 57.1 Å². The van der Waals surface area contributed by atoms with E-state index in [1.807, 2.05) is 11.0 Å². The first-order valence-electron chi connectivity index (χ1n) is 9.00. The number of hydrogen-bond donors (Lipinski definition) is 3. The number of carbonyl (C=O) groups is 1. The maximum Gasteiger partial charge on any atom is 0.224 e. The van der Waals surface area contributed by atoms with Gasteiger partial charge in [-0.25, -0.2) is 4.98 Å². The van der Waals surface area contributed by atoms with Crippen molar-refractivity contribution >= 4 is 17.7 Å². The summed E-state index contributed by atoms with van der Waals surface area (Å²) in [7, 11) is 0. The van der Waals surface area contributed by atoms with E-state index in [1.54, 1.807) is 6.20 Å². The fraction of sp³-hybridized carbons (Fsp3) is 0.706. The minimum absolute atomic E-state index is 0.153. The summed E-state index contributed by atoms with van der Waals surface area (Å²) in [6.07, 6.45) is 7.78. The second-order valence-corrected chi connectivity index (χ2v) is 6.68. The summed E-state index contributed by atoms with van der Waals surface area (Å²) in [5.41, 5.74) is 0. The summed E-state index contributed by atoms with van der Waals surface area (Å²) in [4.78, 5) is 22.3. The van der Waals surface area contributed by atoms with Gasteiger partial charge in [-0.05, 0) is 44.6 Å². The second kappa shape index (κ2) is 8.28. The van der Waals surface area contributed by atoms with Crippen LogP contribution >= 0.6 is 0 Å². The van der Waals surface area contributed by atoms with Crippen molar-refractivity contribution in [2.75, 3.05) is 30.3 Å². The van der Waals surface area contributed by atoms with E-state index in [0.29, 0.717) is 18.4 Å². The topological polar surface area (TPSA) is 90.4 Å².